The summed E-state index contributed by atoms with van der Waals surface area (Å²) in [6.07, 6.45) is 0.567. The molecule has 0 saturated heterocycles. The monoisotopic (exact) mass is 436 g/mol. The largest absolute Gasteiger partial charge is 0.401 e. The van der Waals surface area contributed by atoms with E-state index in [4.69, 9.17) is 16.2 Å². The predicted molar refractivity (Wildman–Crippen MR) is 132 cm³/mol. The zero-order valence-electron chi connectivity index (χ0n) is 19.6. The van der Waals surface area contributed by atoms with Crippen molar-refractivity contribution in [2.45, 2.75) is 38.9 Å². The molecule has 0 bridgehead atoms. The number of hydrogen-bond donors (Lipinski definition) is 4. The molecule has 6 nitrogen and oxygen atoms in total. The second-order valence-corrected chi connectivity index (χ2v) is 8.10. The number of benzene rings is 2. The highest BCUT2D eigenvalue weighted by atomic mass is 16.5. The Labute approximate surface area is 192 Å². The van der Waals surface area contributed by atoms with Crippen LogP contribution in [0, 0.1) is 18.8 Å². The summed E-state index contributed by atoms with van der Waals surface area (Å²) in [4.78, 5) is 10.1. The number of methoxy groups -OCH3 is 1. The zero-order valence-corrected chi connectivity index (χ0v) is 19.6. The molecule has 6 heteroatoms. The quantitative estimate of drug-likeness (QED) is 0.275. The SMILES string of the molecule is C=C(N)C(NC=O)C(C)(C)N.COCCNCc1ccc(C#Cc2ccc(C)cc2)cc1. The predicted octanol–water partition coefficient (Wildman–Crippen LogP) is 2.44. The van der Waals surface area contributed by atoms with Crippen LogP contribution in [0.4, 0.5) is 0 Å². The maximum Gasteiger partial charge on any atom is 0.207 e. The second-order valence-electron chi connectivity index (χ2n) is 8.10. The van der Waals surface area contributed by atoms with E-state index >= 15 is 0 Å². The van der Waals surface area contributed by atoms with Crippen LogP contribution in [-0.2, 0) is 16.1 Å². The van der Waals surface area contributed by atoms with Gasteiger partial charge in [0.05, 0.1) is 12.6 Å². The first-order chi connectivity index (χ1) is 15.2. The van der Waals surface area contributed by atoms with Crippen molar-refractivity contribution in [2.75, 3.05) is 20.3 Å². The third-order valence-corrected chi connectivity index (χ3v) is 4.52. The van der Waals surface area contributed by atoms with Gasteiger partial charge >= 0.3 is 0 Å². The van der Waals surface area contributed by atoms with E-state index in [1.165, 1.54) is 11.1 Å². The fraction of sp³-hybridized carbons (Fsp3) is 0.346. The molecule has 1 amide bonds. The molecule has 1 atom stereocenters. The van der Waals surface area contributed by atoms with Crippen LogP contribution in [0.1, 0.15) is 36.1 Å². The van der Waals surface area contributed by atoms with Crippen LogP contribution in [0.5, 0.6) is 0 Å². The molecule has 0 aliphatic heterocycles. The molecule has 0 aliphatic carbocycles. The summed E-state index contributed by atoms with van der Waals surface area (Å²) in [6.45, 7) is 11.6. The van der Waals surface area contributed by atoms with Gasteiger partial charge in [-0.3, -0.25) is 4.79 Å². The molecule has 0 aromatic heterocycles. The number of hydrogen-bond acceptors (Lipinski definition) is 5. The number of nitrogens with one attached hydrogen (secondary N) is 2. The van der Waals surface area contributed by atoms with E-state index in [-0.39, 0.29) is 6.04 Å². The Kier molecular flexibility index (Phi) is 11.8. The molecule has 0 radical (unpaired) electrons. The highest BCUT2D eigenvalue weighted by molar-refractivity contribution is 5.48. The van der Waals surface area contributed by atoms with Crippen LogP contribution in [0.15, 0.2) is 60.8 Å². The molecule has 0 spiro atoms. The van der Waals surface area contributed by atoms with Crippen molar-refractivity contribution in [2.24, 2.45) is 11.5 Å². The lowest BCUT2D eigenvalue weighted by atomic mass is 9.94. The fourth-order valence-electron chi connectivity index (χ4n) is 2.76. The maximum atomic E-state index is 10.1. The van der Waals surface area contributed by atoms with Gasteiger partial charge in [0.1, 0.15) is 0 Å². The van der Waals surface area contributed by atoms with Crippen molar-refractivity contribution >= 4 is 6.41 Å². The van der Waals surface area contributed by atoms with Crippen LogP contribution in [0.2, 0.25) is 0 Å². The van der Waals surface area contributed by atoms with Gasteiger partial charge in [-0.2, -0.15) is 0 Å². The van der Waals surface area contributed by atoms with Crippen LogP contribution in [0.3, 0.4) is 0 Å². The summed E-state index contributed by atoms with van der Waals surface area (Å²) in [5, 5.41) is 5.82. The van der Waals surface area contributed by atoms with E-state index in [0.717, 1.165) is 30.8 Å². The highest BCUT2D eigenvalue weighted by Gasteiger charge is 2.25. The topological polar surface area (TPSA) is 102 Å². The number of aryl methyl sites for hydroxylation is 1. The standard InChI is InChI=1S/C19H21NO.C7H15N3O/c1-16-3-5-17(6-4-16)7-8-18-9-11-19(12-10-18)15-20-13-14-21-2;1-5(8)6(10-4-11)7(2,3)9/h3-6,9-12,20H,13-15H2,1-2H3;4,6H,1,8-9H2,2-3H3,(H,10,11). The molecule has 32 heavy (non-hydrogen) atoms. The highest BCUT2D eigenvalue weighted by Crippen LogP contribution is 2.08. The summed E-state index contributed by atoms with van der Waals surface area (Å²) in [5.74, 6) is 6.38. The normalized spacial score (nSPS) is 11.3. The van der Waals surface area contributed by atoms with Crippen LogP contribution in [0.25, 0.3) is 0 Å². The first-order valence-electron chi connectivity index (χ1n) is 10.5. The number of carbonyl (C=O) groups excluding carboxylic acids is 1. The molecule has 2 aromatic carbocycles. The Bertz CT molecular complexity index is 889. The molecule has 0 fully saturated rings. The van der Waals surface area contributed by atoms with Gasteiger partial charge in [-0.15, -0.1) is 0 Å². The van der Waals surface area contributed by atoms with Crippen molar-refractivity contribution in [3.05, 3.63) is 83.1 Å². The van der Waals surface area contributed by atoms with E-state index in [0.29, 0.717) is 12.1 Å². The van der Waals surface area contributed by atoms with Gasteiger partial charge in [-0.1, -0.05) is 48.2 Å². The smallest absolute Gasteiger partial charge is 0.207 e. The molecule has 0 saturated carbocycles. The molecule has 2 rings (SSSR count). The number of amides is 1. The third kappa shape index (κ3) is 10.8. The van der Waals surface area contributed by atoms with E-state index in [2.05, 4.69) is 84.5 Å². The van der Waals surface area contributed by atoms with Gasteiger partial charge in [0.2, 0.25) is 6.41 Å². The molecule has 0 aliphatic rings. The second kappa shape index (κ2) is 14.0. The molecule has 6 N–H and O–H groups in total. The van der Waals surface area contributed by atoms with Gasteiger partial charge in [0.15, 0.2) is 0 Å². The lowest BCUT2D eigenvalue weighted by Gasteiger charge is -2.29. The van der Waals surface area contributed by atoms with Gasteiger partial charge in [-0.25, -0.2) is 0 Å². The maximum absolute atomic E-state index is 10.1. The van der Waals surface area contributed by atoms with E-state index in [1.54, 1.807) is 21.0 Å². The lowest BCUT2D eigenvalue weighted by Crippen LogP contribution is -2.54. The van der Waals surface area contributed by atoms with Crippen LogP contribution in [-0.4, -0.2) is 38.3 Å². The summed E-state index contributed by atoms with van der Waals surface area (Å²) in [5.41, 5.74) is 15.5. The number of nitrogens with two attached hydrogens (primary N) is 2. The number of carbonyl (C=O) groups is 1. The lowest BCUT2D eigenvalue weighted by molar-refractivity contribution is -0.110. The van der Waals surface area contributed by atoms with Crippen molar-refractivity contribution in [1.82, 2.24) is 10.6 Å². The average Bonchev–Trinajstić information content (AvgIpc) is 2.75. The molecule has 172 valence electrons. The Hall–Kier alpha value is -3.11. The van der Waals surface area contributed by atoms with Gasteiger partial charge in [-0.05, 0) is 50.6 Å². The van der Waals surface area contributed by atoms with E-state index in [1.807, 2.05) is 0 Å². The van der Waals surface area contributed by atoms with Crippen molar-refractivity contribution in [3.63, 3.8) is 0 Å². The molecular weight excluding hydrogens is 400 g/mol. The minimum atomic E-state index is -0.577. The molecule has 1 unspecified atom stereocenters. The minimum Gasteiger partial charge on any atom is -0.401 e. The van der Waals surface area contributed by atoms with Crippen LogP contribution >= 0.6 is 0 Å². The first kappa shape index (κ1) is 26.9. The minimum absolute atomic E-state index is 0.365. The molecule has 2 aromatic rings. The van der Waals surface area contributed by atoms with Gasteiger partial charge in [0, 0.05) is 42.6 Å². The van der Waals surface area contributed by atoms with Crippen molar-refractivity contribution < 1.29 is 9.53 Å². The number of rotatable bonds is 9. The summed E-state index contributed by atoms with van der Waals surface area (Å²) >= 11 is 0. The van der Waals surface area contributed by atoms with Gasteiger partial charge in [0.25, 0.3) is 0 Å². The molecular formula is C26H36N4O2. The third-order valence-electron chi connectivity index (χ3n) is 4.52. The number of ether oxygens (including phenoxy) is 1. The van der Waals surface area contributed by atoms with Crippen molar-refractivity contribution in [1.29, 1.82) is 0 Å². The summed E-state index contributed by atoms with van der Waals surface area (Å²) < 4.78 is 5.00. The Morgan fingerprint density at radius 3 is 2.06 bits per heavy atom. The van der Waals surface area contributed by atoms with Crippen molar-refractivity contribution in [3.8, 4) is 11.8 Å². The fourth-order valence-corrected chi connectivity index (χ4v) is 2.76. The first-order valence-corrected chi connectivity index (χ1v) is 10.5. The zero-order chi connectivity index (χ0) is 24.0. The summed E-state index contributed by atoms with van der Waals surface area (Å²) in [6, 6.07) is 16.2. The van der Waals surface area contributed by atoms with Gasteiger partial charge < -0.3 is 26.8 Å². The van der Waals surface area contributed by atoms with Crippen LogP contribution < -0.4 is 22.1 Å². The van der Waals surface area contributed by atoms with E-state index < -0.39 is 5.54 Å². The van der Waals surface area contributed by atoms with E-state index in [9.17, 15) is 4.79 Å². The Balaban J connectivity index is 0.000000396. The Morgan fingerprint density at radius 1 is 1.12 bits per heavy atom. The Morgan fingerprint density at radius 2 is 1.66 bits per heavy atom. The molecule has 0 heterocycles. The average molecular weight is 437 g/mol. The summed E-state index contributed by atoms with van der Waals surface area (Å²) in [7, 11) is 1.71.